The van der Waals surface area contributed by atoms with E-state index in [-0.39, 0.29) is 22.9 Å². The Balaban J connectivity index is 1.57. The van der Waals surface area contributed by atoms with Gasteiger partial charge in [0.1, 0.15) is 6.10 Å². The van der Waals surface area contributed by atoms with Crippen molar-refractivity contribution in [2.24, 2.45) is 0 Å². The zero-order chi connectivity index (χ0) is 21.7. The molecule has 1 aliphatic rings. The number of nitrogens with zero attached hydrogens (tertiary/aromatic N) is 1. The minimum Gasteiger partial charge on any atom is -0.474 e. The van der Waals surface area contributed by atoms with Crippen LogP contribution in [0.2, 0.25) is 0 Å². The number of rotatable bonds is 7. The molecule has 0 radical (unpaired) electrons. The molecule has 0 bridgehead atoms. The number of anilines is 1. The molecule has 0 spiro atoms. The summed E-state index contributed by atoms with van der Waals surface area (Å²) in [6, 6.07) is 8.54. The van der Waals surface area contributed by atoms with Crippen LogP contribution < -0.4 is 14.8 Å². The number of sulfonamides is 1. The summed E-state index contributed by atoms with van der Waals surface area (Å²) in [7, 11) is -3.64. The lowest BCUT2D eigenvalue weighted by atomic mass is 9.94. The molecule has 2 aromatic rings. The Kier molecular flexibility index (Phi) is 7.10. The SMILES string of the molecule is CCC(=O)Nc1ccc(S(=O)(=O)NC2CCC(Oc3ccc(C)cn3)CC2)c(C)c1. The van der Waals surface area contributed by atoms with Crippen LogP contribution in [-0.2, 0) is 14.8 Å². The molecule has 0 saturated heterocycles. The molecule has 1 aromatic carbocycles. The molecule has 0 aliphatic heterocycles. The van der Waals surface area contributed by atoms with Gasteiger partial charge in [-0.1, -0.05) is 13.0 Å². The number of hydrogen-bond acceptors (Lipinski definition) is 5. The summed E-state index contributed by atoms with van der Waals surface area (Å²) < 4.78 is 34.5. The quantitative estimate of drug-likeness (QED) is 0.696. The van der Waals surface area contributed by atoms with Crippen molar-refractivity contribution < 1.29 is 17.9 Å². The van der Waals surface area contributed by atoms with Crippen molar-refractivity contribution in [1.29, 1.82) is 0 Å². The predicted octanol–water partition coefficient (Wildman–Crippen LogP) is 3.72. The van der Waals surface area contributed by atoms with E-state index in [1.165, 1.54) is 0 Å². The van der Waals surface area contributed by atoms with Gasteiger partial charge in [-0.05, 0) is 68.9 Å². The molecule has 1 amide bonds. The van der Waals surface area contributed by atoms with Gasteiger partial charge in [-0.2, -0.15) is 0 Å². The second-order valence-electron chi connectivity index (χ2n) is 7.77. The third-order valence-electron chi connectivity index (χ3n) is 5.24. The van der Waals surface area contributed by atoms with Crippen molar-refractivity contribution in [2.75, 3.05) is 5.32 Å². The van der Waals surface area contributed by atoms with Crippen LogP contribution in [0.4, 0.5) is 5.69 Å². The largest absolute Gasteiger partial charge is 0.474 e. The summed E-state index contributed by atoms with van der Waals surface area (Å²) in [5, 5.41) is 2.75. The molecular weight excluding hydrogens is 402 g/mol. The van der Waals surface area contributed by atoms with Crippen molar-refractivity contribution in [3.05, 3.63) is 47.7 Å². The molecule has 1 saturated carbocycles. The summed E-state index contributed by atoms with van der Waals surface area (Å²) >= 11 is 0. The number of amides is 1. The zero-order valence-electron chi connectivity index (χ0n) is 17.6. The van der Waals surface area contributed by atoms with Crippen molar-refractivity contribution in [2.45, 2.75) is 69.9 Å². The van der Waals surface area contributed by atoms with Gasteiger partial charge in [0.15, 0.2) is 0 Å². The molecule has 1 aliphatic carbocycles. The van der Waals surface area contributed by atoms with E-state index in [1.807, 2.05) is 19.1 Å². The van der Waals surface area contributed by atoms with Crippen molar-refractivity contribution in [1.82, 2.24) is 9.71 Å². The van der Waals surface area contributed by atoms with E-state index in [1.54, 1.807) is 38.2 Å². The van der Waals surface area contributed by atoms with Crippen LogP contribution >= 0.6 is 0 Å². The van der Waals surface area contributed by atoms with E-state index in [0.717, 1.165) is 18.4 Å². The van der Waals surface area contributed by atoms with Crippen LogP contribution in [-0.4, -0.2) is 31.5 Å². The first-order valence-corrected chi connectivity index (χ1v) is 11.8. The van der Waals surface area contributed by atoms with E-state index >= 15 is 0 Å². The van der Waals surface area contributed by atoms with Crippen LogP contribution in [0.15, 0.2) is 41.4 Å². The summed E-state index contributed by atoms with van der Waals surface area (Å²) in [6.45, 7) is 5.47. The maximum Gasteiger partial charge on any atom is 0.241 e. The summed E-state index contributed by atoms with van der Waals surface area (Å²) in [5.74, 6) is 0.499. The summed E-state index contributed by atoms with van der Waals surface area (Å²) in [6.07, 6.45) is 5.14. The van der Waals surface area contributed by atoms with Gasteiger partial charge in [-0.25, -0.2) is 18.1 Å². The molecule has 0 atom stereocenters. The Morgan fingerprint density at radius 3 is 2.47 bits per heavy atom. The van der Waals surface area contributed by atoms with Gasteiger partial charge in [0.25, 0.3) is 0 Å². The highest BCUT2D eigenvalue weighted by Crippen LogP contribution is 2.26. The van der Waals surface area contributed by atoms with Crippen LogP contribution in [0, 0.1) is 13.8 Å². The summed E-state index contributed by atoms with van der Waals surface area (Å²) in [5.41, 5.74) is 2.27. The first-order valence-electron chi connectivity index (χ1n) is 10.3. The van der Waals surface area contributed by atoms with Gasteiger partial charge in [0.2, 0.25) is 21.8 Å². The predicted molar refractivity (Wildman–Crippen MR) is 116 cm³/mol. The number of carbonyl (C=O) groups excluding carboxylic acids is 1. The lowest BCUT2D eigenvalue weighted by molar-refractivity contribution is -0.115. The van der Waals surface area contributed by atoms with E-state index < -0.39 is 10.0 Å². The second kappa shape index (κ2) is 9.57. The lowest BCUT2D eigenvalue weighted by Crippen LogP contribution is -2.39. The Hall–Kier alpha value is -2.45. The van der Waals surface area contributed by atoms with Crippen LogP contribution in [0.25, 0.3) is 0 Å². The molecule has 1 heterocycles. The lowest BCUT2D eigenvalue weighted by Gasteiger charge is -2.29. The standard InChI is InChI=1S/C22H29N3O4S/c1-4-21(26)24-18-8-11-20(16(3)13-18)30(27,28)25-17-6-9-19(10-7-17)29-22-12-5-15(2)14-23-22/h5,8,11-14,17,19,25H,4,6-7,9-10H2,1-3H3,(H,24,26). The topological polar surface area (TPSA) is 97.4 Å². The smallest absolute Gasteiger partial charge is 0.241 e. The van der Waals surface area contributed by atoms with Gasteiger partial charge < -0.3 is 10.1 Å². The van der Waals surface area contributed by atoms with Gasteiger partial charge >= 0.3 is 0 Å². The molecule has 3 rings (SSSR count). The molecular formula is C22H29N3O4S. The third-order valence-corrected chi connectivity index (χ3v) is 6.92. The van der Waals surface area contributed by atoms with Crippen LogP contribution in [0.1, 0.15) is 50.2 Å². The highest BCUT2D eigenvalue weighted by atomic mass is 32.2. The average Bonchev–Trinajstić information content (AvgIpc) is 2.70. The molecule has 30 heavy (non-hydrogen) atoms. The Labute approximate surface area is 178 Å². The van der Waals surface area contributed by atoms with E-state index in [9.17, 15) is 13.2 Å². The fourth-order valence-electron chi connectivity index (χ4n) is 3.55. The minimum absolute atomic E-state index is 0.0455. The van der Waals surface area contributed by atoms with Crippen LogP contribution in [0.3, 0.4) is 0 Å². The van der Waals surface area contributed by atoms with E-state index in [2.05, 4.69) is 15.0 Å². The molecule has 1 fully saturated rings. The normalized spacial score (nSPS) is 19.3. The number of nitrogens with one attached hydrogen (secondary N) is 2. The Bertz CT molecular complexity index is 982. The van der Waals surface area contributed by atoms with E-state index in [0.29, 0.717) is 36.4 Å². The first-order chi connectivity index (χ1) is 14.3. The highest BCUT2D eigenvalue weighted by molar-refractivity contribution is 7.89. The number of pyridine rings is 1. The van der Waals surface area contributed by atoms with E-state index in [4.69, 9.17) is 4.74 Å². The minimum atomic E-state index is -3.64. The second-order valence-corrected chi connectivity index (χ2v) is 9.45. The molecule has 0 unspecified atom stereocenters. The zero-order valence-corrected chi connectivity index (χ0v) is 18.5. The monoisotopic (exact) mass is 431 g/mol. The number of aryl methyl sites for hydroxylation is 2. The molecule has 1 aromatic heterocycles. The maximum absolute atomic E-state index is 12.9. The van der Waals surface area contributed by atoms with Crippen molar-refractivity contribution in [3.63, 3.8) is 0 Å². The number of aromatic nitrogens is 1. The fraction of sp³-hybridized carbons (Fsp3) is 0.455. The number of ether oxygens (including phenoxy) is 1. The number of benzene rings is 1. The number of carbonyl (C=O) groups is 1. The third kappa shape index (κ3) is 5.79. The van der Waals surface area contributed by atoms with Gasteiger partial charge in [-0.15, -0.1) is 0 Å². The van der Waals surface area contributed by atoms with Gasteiger partial charge in [-0.3, -0.25) is 4.79 Å². The van der Waals surface area contributed by atoms with Crippen molar-refractivity contribution in [3.8, 4) is 5.88 Å². The molecule has 7 nitrogen and oxygen atoms in total. The van der Waals surface area contributed by atoms with Crippen LogP contribution in [0.5, 0.6) is 5.88 Å². The first kappa shape index (κ1) is 22.2. The Morgan fingerprint density at radius 1 is 1.13 bits per heavy atom. The average molecular weight is 432 g/mol. The fourth-order valence-corrected chi connectivity index (χ4v) is 5.09. The summed E-state index contributed by atoms with van der Waals surface area (Å²) in [4.78, 5) is 16.0. The van der Waals surface area contributed by atoms with Gasteiger partial charge in [0, 0.05) is 30.4 Å². The maximum atomic E-state index is 12.9. The van der Waals surface area contributed by atoms with Crippen molar-refractivity contribution >= 4 is 21.6 Å². The molecule has 8 heteroatoms. The Morgan fingerprint density at radius 2 is 1.87 bits per heavy atom. The van der Waals surface area contributed by atoms with Gasteiger partial charge in [0.05, 0.1) is 4.90 Å². The molecule has 162 valence electrons. The number of hydrogen-bond donors (Lipinski definition) is 2. The highest BCUT2D eigenvalue weighted by Gasteiger charge is 2.27. The molecule has 2 N–H and O–H groups in total.